The smallest absolute Gasteiger partial charge is 0.112 e. The summed E-state index contributed by atoms with van der Waals surface area (Å²) in [6.07, 6.45) is 7.44. The number of benzene rings is 3. The summed E-state index contributed by atoms with van der Waals surface area (Å²) in [6, 6.07) is 35.6. The molecule has 2 saturated heterocycles. The van der Waals surface area contributed by atoms with Crippen molar-refractivity contribution in [1.29, 1.82) is 5.26 Å². The first-order valence-electron chi connectivity index (χ1n) is 13.3. The van der Waals surface area contributed by atoms with Crippen molar-refractivity contribution in [3.05, 3.63) is 108 Å². The highest BCUT2D eigenvalue weighted by Crippen LogP contribution is 2.45. The predicted molar refractivity (Wildman–Crippen MR) is 141 cm³/mol. The van der Waals surface area contributed by atoms with Gasteiger partial charge in [0.05, 0.1) is 37.9 Å². The molecule has 188 valence electrons. The second-order valence-electron chi connectivity index (χ2n) is 10.4. The minimum absolute atomic E-state index is 0. The Bertz CT molecular complexity index is 1060. The van der Waals surface area contributed by atoms with Gasteiger partial charge in [0.15, 0.2) is 0 Å². The molecule has 2 fully saturated rings. The number of rotatable bonds is 10. The number of halogens is 1. The quantitative estimate of drug-likeness (QED) is 0.288. The number of fused-ring (bicyclic) bond motifs is 2. The van der Waals surface area contributed by atoms with Crippen LogP contribution in [-0.4, -0.2) is 36.3 Å². The molecule has 0 spiro atoms. The Morgan fingerprint density at radius 1 is 0.750 bits per heavy atom. The third-order valence-corrected chi connectivity index (χ3v) is 8.75. The molecule has 4 heteroatoms. The fourth-order valence-corrected chi connectivity index (χ4v) is 6.89. The zero-order valence-electron chi connectivity index (χ0n) is 21.1. The van der Waals surface area contributed by atoms with Gasteiger partial charge in [0.2, 0.25) is 0 Å². The molecule has 2 bridgehead atoms. The van der Waals surface area contributed by atoms with Crippen molar-refractivity contribution >= 4 is 0 Å². The topological polar surface area (TPSA) is 33.0 Å². The lowest BCUT2D eigenvalue weighted by atomic mass is 9.72. The molecule has 36 heavy (non-hydrogen) atoms. The molecule has 3 aromatic rings. The van der Waals surface area contributed by atoms with E-state index in [1.165, 1.54) is 37.7 Å². The van der Waals surface area contributed by atoms with E-state index >= 15 is 0 Å². The normalized spacial score (nSPS) is 23.0. The van der Waals surface area contributed by atoms with Crippen LogP contribution in [-0.2, 0) is 16.8 Å². The van der Waals surface area contributed by atoms with Crippen molar-refractivity contribution in [2.75, 3.05) is 19.7 Å². The van der Waals surface area contributed by atoms with Gasteiger partial charge in [0, 0.05) is 19.3 Å². The zero-order valence-corrected chi connectivity index (χ0v) is 22.7. The first-order valence-corrected chi connectivity index (χ1v) is 13.3. The molecule has 2 unspecified atom stereocenters. The monoisotopic (exact) mass is 544 g/mol. The summed E-state index contributed by atoms with van der Waals surface area (Å²) in [5, 5.41) is 10.7. The Balaban J connectivity index is 0.00000304. The molecule has 2 aliphatic heterocycles. The number of piperidine rings is 1. The summed E-state index contributed by atoms with van der Waals surface area (Å²) in [4.78, 5) is 0. The third kappa shape index (κ3) is 5.30. The van der Waals surface area contributed by atoms with Crippen LogP contribution in [0.4, 0.5) is 0 Å². The maximum atomic E-state index is 10.7. The predicted octanol–water partition coefficient (Wildman–Crippen LogP) is 3.64. The number of nitrogens with zero attached hydrogens (tertiary/aromatic N) is 2. The average molecular weight is 546 g/mol. The summed E-state index contributed by atoms with van der Waals surface area (Å²) < 4.78 is 7.36. The van der Waals surface area contributed by atoms with Gasteiger partial charge in [-0.1, -0.05) is 91.0 Å². The highest BCUT2D eigenvalue weighted by molar-refractivity contribution is 5.45. The van der Waals surface area contributed by atoms with E-state index in [0.29, 0.717) is 18.7 Å². The Kier molecular flexibility index (Phi) is 9.01. The molecule has 2 atom stereocenters. The SMILES string of the molecule is N#CC(CC[N+]1(CCOCc2ccccc2)C2CCCC1CC2)(c1ccccc1)c1ccccc1.[Br-]. The van der Waals surface area contributed by atoms with E-state index in [4.69, 9.17) is 4.74 Å². The Hall–Kier alpha value is -2.45. The molecule has 0 aromatic heterocycles. The van der Waals surface area contributed by atoms with Crippen LogP contribution in [0.3, 0.4) is 0 Å². The molecular formula is C32H37BrN2O. The maximum absolute atomic E-state index is 10.7. The second-order valence-corrected chi connectivity index (χ2v) is 10.4. The van der Waals surface area contributed by atoms with Gasteiger partial charge in [-0.2, -0.15) is 5.26 Å². The average Bonchev–Trinajstić information content (AvgIpc) is 3.08. The van der Waals surface area contributed by atoms with Gasteiger partial charge in [-0.05, 0) is 36.0 Å². The summed E-state index contributed by atoms with van der Waals surface area (Å²) in [5.41, 5.74) is 2.82. The van der Waals surface area contributed by atoms with E-state index in [-0.39, 0.29) is 17.0 Å². The molecule has 0 amide bonds. The van der Waals surface area contributed by atoms with Gasteiger partial charge in [-0.25, -0.2) is 0 Å². The molecule has 0 aliphatic carbocycles. The summed E-state index contributed by atoms with van der Waals surface area (Å²) in [5.74, 6) is 0. The van der Waals surface area contributed by atoms with Gasteiger partial charge in [0.25, 0.3) is 0 Å². The van der Waals surface area contributed by atoms with Gasteiger partial charge in [-0.15, -0.1) is 0 Å². The minimum Gasteiger partial charge on any atom is -1.00 e. The molecular weight excluding hydrogens is 508 g/mol. The molecule has 5 rings (SSSR count). The van der Waals surface area contributed by atoms with Gasteiger partial charge >= 0.3 is 0 Å². The van der Waals surface area contributed by atoms with Crippen LogP contribution in [0.25, 0.3) is 0 Å². The molecule has 0 saturated carbocycles. The molecule has 3 aromatic carbocycles. The fourth-order valence-electron chi connectivity index (χ4n) is 6.89. The Morgan fingerprint density at radius 2 is 1.28 bits per heavy atom. The van der Waals surface area contributed by atoms with Crippen molar-refractivity contribution in [2.24, 2.45) is 0 Å². The minimum atomic E-state index is -0.629. The van der Waals surface area contributed by atoms with Gasteiger partial charge in [-0.3, -0.25) is 0 Å². The number of hydrogen-bond donors (Lipinski definition) is 0. The van der Waals surface area contributed by atoms with Crippen molar-refractivity contribution in [3.63, 3.8) is 0 Å². The highest BCUT2D eigenvalue weighted by Gasteiger charge is 2.52. The highest BCUT2D eigenvalue weighted by atomic mass is 79.9. The molecule has 0 N–H and O–H groups in total. The van der Waals surface area contributed by atoms with Crippen LogP contribution in [0, 0.1) is 11.3 Å². The van der Waals surface area contributed by atoms with Gasteiger partial charge in [0.1, 0.15) is 12.0 Å². The number of nitriles is 1. The number of ether oxygens (including phenoxy) is 1. The molecule has 2 heterocycles. The van der Waals surface area contributed by atoms with Crippen molar-refractivity contribution in [2.45, 2.75) is 62.6 Å². The van der Waals surface area contributed by atoms with Crippen molar-refractivity contribution in [3.8, 4) is 6.07 Å². The largest absolute Gasteiger partial charge is 1.00 e. The summed E-state index contributed by atoms with van der Waals surface area (Å²) in [7, 11) is 0. The lowest BCUT2D eigenvalue weighted by Gasteiger charge is -2.49. The van der Waals surface area contributed by atoms with Crippen molar-refractivity contribution in [1.82, 2.24) is 0 Å². The maximum Gasteiger partial charge on any atom is 0.112 e. The number of hydrogen-bond acceptors (Lipinski definition) is 2. The number of quaternary nitrogens is 1. The van der Waals surface area contributed by atoms with Gasteiger partial charge < -0.3 is 26.2 Å². The molecule has 2 aliphatic rings. The third-order valence-electron chi connectivity index (χ3n) is 8.75. The van der Waals surface area contributed by atoms with E-state index in [0.717, 1.165) is 41.7 Å². The Morgan fingerprint density at radius 3 is 1.81 bits per heavy atom. The fraction of sp³-hybridized carbons (Fsp3) is 0.406. The second kappa shape index (κ2) is 12.2. The first-order chi connectivity index (χ1) is 17.3. The van der Waals surface area contributed by atoms with E-state index < -0.39 is 5.41 Å². The van der Waals surface area contributed by atoms with Crippen LogP contribution in [0.1, 0.15) is 55.2 Å². The lowest BCUT2D eigenvalue weighted by molar-refractivity contribution is -0.966. The van der Waals surface area contributed by atoms with E-state index in [1.807, 2.05) is 12.1 Å². The van der Waals surface area contributed by atoms with E-state index in [9.17, 15) is 5.26 Å². The van der Waals surface area contributed by atoms with Crippen LogP contribution in [0.5, 0.6) is 0 Å². The van der Waals surface area contributed by atoms with Crippen LogP contribution >= 0.6 is 0 Å². The summed E-state index contributed by atoms with van der Waals surface area (Å²) >= 11 is 0. The standard InChI is InChI=1S/C32H37N2O.BrH/c33-26-32(28-13-6-2-7-14-28,29-15-8-3-9-16-29)21-22-34(30-17-10-18-31(34)20-19-30)23-24-35-25-27-11-4-1-5-12-27;/h1-9,11-16,30-31H,10,17-25H2;1H/q+1;/p-1. The van der Waals surface area contributed by atoms with Crippen LogP contribution in [0.2, 0.25) is 0 Å². The Labute approximate surface area is 227 Å². The summed E-state index contributed by atoms with van der Waals surface area (Å²) in [6.45, 7) is 3.53. The van der Waals surface area contributed by atoms with E-state index in [1.54, 1.807) is 0 Å². The van der Waals surface area contributed by atoms with Crippen LogP contribution in [0.15, 0.2) is 91.0 Å². The lowest BCUT2D eigenvalue weighted by Crippen LogP contribution is -3.00. The van der Waals surface area contributed by atoms with Crippen LogP contribution < -0.4 is 17.0 Å². The van der Waals surface area contributed by atoms with E-state index in [2.05, 4.69) is 84.9 Å². The molecule has 3 nitrogen and oxygen atoms in total. The van der Waals surface area contributed by atoms with Crippen molar-refractivity contribution < 1.29 is 26.2 Å². The first kappa shape index (κ1) is 26.6. The molecule has 0 radical (unpaired) electrons. The zero-order chi connectivity index (χ0) is 24.0.